The van der Waals surface area contributed by atoms with E-state index in [1.165, 1.54) is 31.4 Å². The van der Waals surface area contributed by atoms with Crippen LogP contribution in [0.2, 0.25) is 5.02 Å². The molecule has 28 heavy (non-hydrogen) atoms. The van der Waals surface area contributed by atoms with Gasteiger partial charge in [-0.05, 0) is 67.3 Å². The summed E-state index contributed by atoms with van der Waals surface area (Å²) < 4.78 is 27.8. The molecule has 3 atom stereocenters. The molecule has 2 N–H and O–H groups in total. The number of sulfonamides is 1. The molecule has 0 aliphatic heterocycles. The van der Waals surface area contributed by atoms with Gasteiger partial charge in [0.1, 0.15) is 0 Å². The Morgan fingerprint density at radius 1 is 1.07 bits per heavy atom. The Bertz CT molecular complexity index is 993. The molecular weight excluding hydrogens is 396 g/mol. The van der Waals surface area contributed by atoms with Crippen molar-refractivity contribution in [2.75, 3.05) is 10.0 Å². The topological polar surface area (TPSA) is 75.3 Å². The van der Waals surface area contributed by atoms with Crippen LogP contribution in [-0.2, 0) is 14.8 Å². The number of para-hydroxylation sites is 1. The molecular formula is C21H23ClN2O3S. The molecule has 0 radical (unpaired) electrons. The van der Waals surface area contributed by atoms with E-state index < -0.39 is 10.0 Å². The van der Waals surface area contributed by atoms with E-state index in [4.69, 9.17) is 11.6 Å². The van der Waals surface area contributed by atoms with Crippen LogP contribution in [0.25, 0.3) is 0 Å². The highest BCUT2D eigenvalue weighted by molar-refractivity contribution is 7.92. The monoisotopic (exact) mass is 418 g/mol. The van der Waals surface area contributed by atoms with Gasteiger partial charge in [-0.15, -0.1) is 0 Å². The van der Waals surface area contributed by atoms with Gasteiger partial charge in [0.15, 0.2) is 0 Å². The zero-order valence-corrected chi connectivity index (χ0v) is 17.0. The lowest BCUT2D eigenvalue weighted by molar-refractivity contribution is -0.117. The number of nitrogens with one attached hydrogen (secondary N) is 2. The van der Waals surface area contributed by atoms with Crippen molar-refractivity contribution in [1.82, 2.24) is 0 Å². The molecule has 2 bridgehead atoms. The number of halogens is 1. The lowest BCUT2D eigenvalue weighted by Gasteiger charge is -2.21. The van der Waals surface area contributed by atoms with E-state index >= 15 is 0 Å². The first-order chi connectivity index (χ1) is 13.4. The summed E-state index contributed by atoms with van der Waals surface area (Å²) in [5, 5.41) is 3.18. The third-order valence-electron chi connectivity index (χ3n) is 5.88. The molecule has 7 heteroatoms. The molecule has 2 aliphatic carbocycles. The van der Waals surface area contributed by atoms with Crippen molar-refractivity contribution in [3.63, 3.8) is 0 Å². The summed E-state index contributed by atoms with van der Waals surface area (Å²) in [6, 6.07) is 12.9. The highest BCUT2D eigenvalue weighted by atomic mass is 35.5. The standard InChI is InChI=1S/C21H23ClN2O3S/c22-19-6-1-2-7-20(19)24-28(26,27)18-5-3-4-17(13-18)23-21(25)12-16-11-14-8-9-15(16)10-14/h1-7,13-16,24H,8-12H2,(H,23,25)/t14-,15+,16-/m0/s1. The fourth-order valence-electron chi connectivity index (χ4n) is 4.57. The molecule has 2 fully saturated rings. The SMILES string of the molecule is O=C(C[C@@H]1C[C@H]2CC[C@@H]1C2)Nc1cccc(S(=O)(=O)Nc2ccccc2Cl)c1. The van der Waals surface area contributed by atoms with Crippen LogP contribution in [0.4, 0.5) is 11.4 Å². The Kier molecular flexibility index (Phi) is 5.34. The maximum absolute atomic E-state index is 12.7. The van der Waals surface area contributed by atoms with Gasteiger partial charge in [-0.1, -0.05) is 36.2 Å². The third kappa shape index (κ3) is 4.18. The van der Waals surface area contributed by atoms with Gasteiger partial charge in [0, 0.05) is 12.1 Å². The van der Waals surface area contributed by atoms with Gasteiger partial charge in [-0.3, -0.25) is 9.52 Å². The number of anilines is 2. The van der Waals surface area contributed by atoms with Crippen molar-refractivity contribution in [3.05, 3.63) is 53.6 Å². The molecule has 2 aromatic rings. The zero-order chi connectivity index (χ0) is 19.7. The molecule has 2 aliphatic rings. The first-order valence-electron chi connectivity index (χ1n) is 9.58. The minimum Gasteiger partial charge on any atom is -0.326 e. The summed E-state index contributed by atoms with van der Waals surface area (Å²) in [6.45, 7) is 0. The molecule has 148 valence electrons. The normalized spacial score (nSPS) is 23.5. The number of hydrogen-bond acceptors (Lipinski definition) is 3. The van der Waals surface area contributed by atoms with Crippen LogP contribution < -0.4 is 10.0 Å². The summed E-state index contributed by atoms with van der Waals surface area (Å²) in [5.41, 5.74) is 0.796. The molecule has 4 rings (SSSR count). The second kappa shape index (κ2) is 7.76. The van der Waals surface area contributed by atoms with E-state index in [0.717, 1.165) is 12.3 Å². The predicted octanol–water partition coefficient (Wildman–Crippen LogP) is 4.91. The predicted molar refractivity (Wildman–Crippen MR) is 111 cm³/mol. The van der Waals surface area contributed by atoms with Crippen LogP contribution in [0.1, 0.15) is 32.1 Å². The second-order valence-corrected chi connectivity index (χ2v) is 9.89. The van der Waals surface area contributed by atoms with Crippen LogP contribution in [0.5, 0.6) is 0 Å². The van der Waals surface area contributed by atoms with Crippen molar-refractivity contribution in [3.8, 4) is 0 Å². The van der Waals surface area contributed by atoms with Crippen molar-refractivity contribution in [2.45, 2.75) is 37.0 Å². The quantitative estimate of drug-likeness (QED) is 0.700. The van der Waals surface area contributed by atoms with E-state index in [1.807, 2.05) is 0 Å². The van der Waals surface area contributed by atoms with E-state index in [0.29, 0.717) is 34.7 Å². The van der Waals surface area contributed by atoms with Gasteiger partial charge >= 0.3 is 0 Å². The maximum Gasteiger partial charge on any atom is 0.262 e. The number of rotatable bonds is 6. The maximum atomic E-state index is 12.7. The highest BCUT2D eigenvalue weighted by Crippen LogP contribution is 2.49. The molecule has 5 nitrogen and oxygen atoms in total. The molecule has 2 saturated carbocycles. The largest absolute Gasteiger partial charge is 0.326 e. The number of carbonyl (C=O) groups excluding carboxylic acids is 1. The van der Waals surface area contributed by atoms with Crippen LogP contribution in [0.3, 0.4) is 0 Å². The summed E-state index contributed by atoms with van der Waals surface area (Å²) in [6.07, 6.45) is 5.47. The van der Waals surface area contributed by atoms with E-state index in [9.17, 15) is 13.2 Å². The number of hydrogen-bond donors (Lipinski definition) is 2. The summed E-state index contributed by atoms with van der Waals surface area (Å²) in [5.74, 6) is 1.90. The fraction of sp³-hybridized carbons (Fsp3) is 0.381. The Labute approximate surface area is 170 Å². The van der Waals surface area contributed by atoms with Gasteiger partial charge in [0.05, 0.1) is 15.6 Å². The first kappa shape index (κ1) is 19.3. The molecule has 0 unspecified atom stereocenters. The van der Waals surface area contributed by atoms with Crippen molar-refractivity contribution in [2.24, 2.45) is 17.8 Å². The minimum absolute atomic E-state index is 0.0499. The summed E-state index contributed by atoms with van der Waals surface area (Å²) >= 11 is 6.04. The van der Waals surface area contributed by atoms with Crippen LogP contribution >= 0.6 is 11.6 Å². The Balaban J connectivity index is 1.43. The minimum atomic E-state index is -3.81. The van der Waals surface area contributed by atoms with Gasteiger partial charge in [-0.25, -0.2) is 8.42 Å². The van der Waals surface area contributed by atoms with E-state index in [1.54, 1.807) is 36.4 Å². The average Bonchev–Trinajstić information content (AvgIpc) is 3.27. The Hall–Kier alpha value is -2.05. The fourth-order valence-corrected chi connectivity index (χ4v) is 5.93. The molecule has 0 spiro atoms. The number of carbonyl (C=O) groups is 1. The Morgan fingerprint density at radius 2 is 1.89 bits per heavy atom. The van der Waals surface area contributed by atoms with Gasteiger partial charge in [0.2, 0.25) is 5.91 Å². The lowest BCUT2D eigenvalue weighted by atomic mass is 9.86. The number of benzene rings is 2. The lowest BCUT2D eigenvalue weighted by Crippen LogP contribution is -2.20. The van der Waals surface area contributed by atoms with Crippen molar-refractivity contribution in [1.29, 1.82) is 0 Å². The van der Waals surface area contributed by atoms with Crippen LogP contribution in [0.15, 0.2) is 53.4 Å². The summed E-state index contributed by atoms with van der Waals surface area (Å²) in [7, 11) is -3.81. The third-order valence-corrected chi connectivity index (χ3v) is 7.57. The molecule has 2 aromatic carbocycles. The number of fused-ring (bicyclic) bond motifs is 2. The molecule has 0 aromatic heterocycles. The molecule has 0 heterocycles. The van der Waals surface area contributed by atoms with Crippen molar-refractivity contribution >= 4 is 38.9 Å². The first-order valence-corrected chi connectivity index (χ1v) is 11.4. The summed E-state index contributed by atoms with van der Waals surface area (Å²) in [4.78, 5) is 12.5. The van der Waals surface area contributed by atoms with Gasteiger partial charge in [-0.2, -0.15) is 0 Å². The molecule has 0 saturated heterocycles. The van der Waals surface area contributed by atoms with Gasteiger partial charge in [0.25, 0.3) is 10.0 Å². The second-order valence-electron chi connectivity index (χ2n) is 7.80. The highest BCUT2D eigenvalue weighted by Gasteiger charge is 2.40. The zero-order valence-electron chi connectivity index (χ0n) is 15.4. The van der Waals surface area contributed by atoms with E-state index in [2.05, 4.69) is 10.0 Å². The average molecular weight is 419 g/mol. The van der Waals surface area contributed by atoms with E-state index in [-0.39, 0.29) is 10.8 Å². The number of amides is 1. The smallest absolute Gasteiger partial charge is 0.262 e. The Morgan fingerprint density at radius 3 is 2.61 bits per heavy atom. The van der Waals surface area contributed by atoms with Crippen LogP contribution in [-0.4, -0.2) is 14.3 Å². The van der Waals surface area contributed by atoms with Crippen LogP contribution in [0, 0.1) is 17.8 Å². The molecule has 1 amide bonds. The van der Waals surface area contributed by atoms with Gasteiger partial charge < -0.3 is 5.32 Å². The van der Waals surface area contributed by atoms with Crippen molar-refractivity contribution < 1.29 is 13.2 Å².